The van der Waals surface area contributed by atoms with Crippen molar-refractivity contribution in [1.82, 2.24) is 0 Å². The maximum atomic E-state index is 13.0. The van der Waals surface area contributed by atoms with E-state index in [0.717, 1.165) is 32.7 Å². The molecule has 0 saturated carbocycles. The summed E-state index contributed by atoms with van der Waals surface area (Å²) in [6.45, 7) is 6.27. The normalized spacial score (nSPS) is 11.6. The minimum atomic E-state index is -0.489. The van der Waals surface area contributed by atoms with Crippen molar-refractivity contribution >= 4 is 34.2 Å². The fourth-order valence-electron chi connectivity index (χ4n) is 3.84. The number of carbonyl (C=O) groups excluding carboxylic acids is 2. The molecule has 0 saturated heterocycles. The van der Waals surface area contributed by atoms with Crippen LogP contribution < -0.4 is 43.1 Å². The zero-order chi connectivity index (χ0) is 24.2. The van der Waals surface area contributed by atoms with Gasteiger partial charge in [-0.3, -0.25) is 9.59 Å². The van der Waals surface area contributed by atoms with Crippen molar-refractivity contribution < 1.29 is 66.6 Å². The average molecular weight is 660 g/mol. The van der Waals surface area contributed by atoms with Crippen molar-refractivity contribution in [2.24, 2.45) is 0 Å². The van der Waals surface area contributed by atoms with Crippen LogP contribution in [0.5, 0.6) is 0 Å². The maximum absolute atomic E-state index is 13.0. The second-order valence-electron chi connectivity index (χ2n) is 8.20. The molecule has 0 spiro atoms. The van der Waals surface area contributed by atoms with Gasteiger partial charge in [0.2, 0.25) is 13.1 Å². The lowest BCUT2D eigenvalue weighted by molar-refractivity contribution is -0.702. The molecule has 0 aliphatic rings. The third kappa shape index (κ3) is 6.69. The van der Waals surface area contributed by atoms with E-state index < -0.39 is 6.10 Å². The molecule has 4 heterocycles. The van der Waals surface area contributed by atoms with Crippen LogP contribution in [0, 0.1) is 13.8 Å². The Hall–Kier alpha value is -1.92. The number of carbonyl (C=O) groups is 2. The Morgan fingerprint density at radius 2 is 1.56 bits per heavy atom. The SMILES string of the molecule is CCCC(O)Cc1csc(-c2sc(C)c(C)[n+]2CC(=O)c2ccco2)[n+]1CC(=O)c1ccco1.[Br-].[Br-]. The molecule has 0 bridgehead atoms. The topological polar surface area (TPSA) is 88.4 Å². The van der Waals surface area contributed by atoms with Gasteiger partial charge in [0.25, 0.3) is 11.6 Å². The van der Waals surface area contributed by atoms with Crippen molar-refractivity contribution in [3.05, 3.63) is 70.0 Å². The zero-order valence-corrected chi connectivity index (χ0v) is 25.0. The van der Waals surface area contributed by atoms with E-state index in [0.29, 0.717) is 24.4 Å². The quantitative estimate of drug-likeness (QED) is 0.154. The van der Waals surface area contributed by atoms with E-state index in [1.165, 1.54) is 23.9 Å². The molecule has 36 heavy (non-hydrogen) atoms. The van der Waals surface area contributed by atoms with Gasteiger partial charge in [-0.1, -0.05) is 36.0 Å². The fraction of sp³-hybridized carbons (Fsp3) is 0.360. The predicted octanol–water partition coefficient (Wildman–Crippen LogP) is -1.67. The monoisotopic (exact) mass is 658 g/mol. The highest BCUT2D eigenvalue weighted by molar-refractivity contribution is 7.20. The van der Waals surface area contributed by atoms with Gasteiger partial charge in [-0.05, 0) is 37.6 Å². The summed E-state index contributed by atoms with van der Waals surface area (Å²) in [4.78, 5) is 26.9. The number of aryl methyl sites for hydroxylation is 1. The molecular weight excluding hydrogens is 632 g/mol. The minimum Gasteiger partial charge on any atom is -1.00 e. The molecule has 0 aliphatic carbocycles. The van der Waals surface area contributed by atoms with Crippen molar-refractivity contribution in [2.75, 3.05) is 0 Å². The summed E-state index contributed by atoms with van der Waals surface area (Å²) >= 11 is 3.10. The molecule has 194 valence electrons. The van der Waals surface area contributed by atoms with Crippen molar-refractivity contribution in [3.8, 4) is 10.0 Å². The third-order valence-electron chi connectivity index (χ3n) is 5.75. The summed E-state index contributed by atoms with van der Waals surface area (Å²) in [5.74, 6) is 0.343. The van der Waals surface area contributed by atoms with Crippen LogP contribution in [0.1, 0.15) is 57.1 Å². The molecule has 11 heteroatoms. The Morgan fingerprint density at radius 3 is 2.08 bits per heavy atom. The minimum absolute atomic E-state index is 0. The van der Waals surface area contributed by atoms with Gasteiger partial charge in [0.15, 0.2) is 22.9 Å². The Kier molecular flexibility index (Phi) is 11.4. The summed E-state index contributed by atoms with van der Waals surface area (Å²) in [5.41, 5.74) is 1.87. The summed E-state index contributed by atoms with van der Waals surface area (Å²) in [6, 6.07) is 6.71. The van der Waals surface area contributed by atoms with E-state index in [1.807, 2.05) is 35.3 Å². The zero-order valence-electron chi connectivity index (χ0n) is 20.2. The van der Waals surface area contributed by atoms with Crippen molar-refractivity contribution in [3.63, 3.8) is 0 Å². The number of hydrogen-bond donors (Lipinski definition) is 1. The highest BCUT2D eigenvalue weighted by Crippen LogP contribution is 2.28. The smallest absolute Gasteiger partial charge is 0.346 e. The molecule has 4 aromatic heterocycles. The number of halogens is 2. The summed E-state index contributed by atoms with van der Waals surface area (Å²) in [6.07, 6.45) is 4.50. The molecule has 0 radical (unpaired) electrons. The molecular formula is C25H28Br2N2O5S2. The first-order chi connectivity index (χ1) is 16.4. The number of aromatic nitrogens is 2. The van der Waals surface area contributed by atoms with Crippen LogP contribution in [-0.4, -0.2) is 22.8 Å². The third-order valence-corrected chi connectivity index (χ3v) is 8.12. The summed E-state index contributed by atoms with van der Waals surface area (Å²) < 4.78 is 14.6. The number of nitrogens with zero attached hydrogens (tertiary/aromatic N) is 2. The molecule has 1 atom stereocenters. The summed E-state index contributed by atoms with van der Waals surface area (Å²) in [7, 11) is 0. The molecule has 0 fully saturated rings. The highest BCUT2D eigenvalue weighted by Gasteiger charge is 2.36. The van der Waals surface area contributed by atoms with Gasteiger partial charge < -0.3 is 47.9 Å². The van der Waals surface area contributed by atoms with E-state index in [4.69, 9.17) is 8.83 Å². The number of thiazole rings is 2. The first kappa shape index (κ1) is 30.3. The molecule has 0 amide bonds. The van der Waals surface area contributed by atoms with E-state index in [-0.39, 0.29) is 58.6 Å². The second kappa shape index (κ2) is 13.6. The van der Waals surface area contributed by atoms with Crippen molar-refractivity contribution in [1.29, 1.82) is 0 Å². The van der Waals surface area contributed by atoms with Crippen LogP contribution in [0.15, 0.2) is 51.0 Å². The molecule has 1 unspecified atom stereocenters. The average Bonchev–Trinajstić information content (AvgIpc) is 3.60. The molecule has 1 N–H and O–H groups in total. The Balaban J connectivity index is 0.00000228. The van der Waals surface area contributed by atoms with Gasteiger partial charge in [-0.15, -0.1) is 0 Å². The fourth-order valence-corrected chi connectivity index (χ4v) is 6.16. The molecule has 4 rings (SSSR count). The van der Waals surface area contributed by atoms with Crippen LogP contribution in [0.25, 0.3) is 10.0 Å². The largest absolute Gasteiger partial charge is 1.00 e. The number of furan rings is 2. The first-order valence-electron chi connectivity index (χ1n) is 11.2. The van der Waals surface area contributed by atoms with Gasteiger partial charge >= 0.3 is 10.0 Å². The lowest BCUT2D eigenvalue weighted by atomic mass is 10.1. The number of Topliss-reactive ketones (excluding diaryl/α,β-unsaturated/α-hetero) is 2. The van der Waals surface area contributed by atoms with Gasteiger partial charge in [-0.2, -0.15) is 9.13 Å². The van der Waals surface area contributed by atoms with Gasteiger partial charge in [0, 0.05) is 6.92 Å². The number of ketones is 2. The molecule has 7 nitrogen and oxygen atoms in total. The van der Waals surface area contributed by atoms with Crippen molar-refractivity contribution in [2.45, 2.75) is 59.2 Å². The number of aliphatic hydroxyl groups is 1. The molecule has 4 aromatic rings. The Labute approximate surface area is 238 Å². The standard InChI is InChI=1S/C25H28N2O5S2.2BrH/c1-4-7-19(28)12-18-15-33-24(27(18)14-21(30)23-9-6-11-32-23)25-26(16(2)17(3)34-25)13-20(29)22-8-5-10-31-22;;/h5-6,8-11,15,19,28H,4,7,12-14H2,1-3H3;2*1H/q+2;;/p-2. The van der Waals surface area contributed by atoms with Gasteiger partial charge in [0.05, 0.1) is 35.3 Å². The Morgan fingerprint density at radius 1 is 0.972 bits per heavy atom. The van der Waals surface area contributed by atoms with Gasteiger partial charge in [-0.25, -0.2) is 0 Å². The lowest BCUT2D eigenvalue weighted by Gasteiger charge is -2.06. The summed E-state index contributed by atoms with van der Waals surface area (Å²) in [5, 5.41) is 14.2. The van der Waals surface area contributed by atoms with Crippen LogP contribution in [0.4, 0.5) is 0 Å². The van der Waals surface area contributed by atoms with E-state index in [1.54, 1.807) is 35.6 Å². The van der Waals surface area contributed by atoms with Crippen LogP contribution >= 0.6 is 22.7 Å². The van der Waals surface area contributed by atoms with E-state index in [9.17, 15) is 14.7 Å². The van der Waals surface area contributed by atoms with Gasteiger partial charge in [0.1, 0.15) is 0 Å². The Bertz CT molecular complexity index is 1280. The second-order valence-corrected chi connectivity index (χ2v) is 10.3. The highest BCUT2D eigenvalue weighted by atomic mass is 79.9. The molecule has 0 aliphatic heterocycles. The predicted molar refractivity (Wildman–Crippen MR) is 128 cm³/mol. The number of rotatable bonds is 11. The first-order valence-corrected chi connectivity index (χ1v) is 12.9. The van der Waals surface area contributed by atoms with Crippen LogP contribution in [0.3, 0.4) is 0 Å². The van der Waals surface area contributed by atoms with E-state index >= 15 is 0 Å². The van der Waals surface area contributed by atoms with Crippen LogP contribution in [-0.2, 0) is 19.5 Å². The molecule has 0 aromatic carbocycles. The van der Waals surface area contributed by atoms with E-state index in [2.05, 4.69) is 0 Å². The van der Waals surface area contributed by atoms with Crippen LogP contribution in [0.2, 0.25) is 0 Å². The number of hydrogen-bond acceptors (Lipinski definition) is 7. The number of aliphatic hydroxyl groups excluding tert-OH is 1. The lowest BCUT2D eigenvalue weighted by Crippen LogP contribution is -3.00. The maximum Gasteiger partial charge on any atom is 0.346 e.